The SMILES string of the molecule is O=C(COc1ccc2ccccc2c1)OCC(F)(F)S(=O)(=O)O. The maximum absolute atomic E-state index is 12.9. The number of hydrogen-bond acceptors (Lipinski definition) is 5. The van der Waals surface area contributed by atoms with Crippen LogP contribution in [-0.2, 0) is 19.6 Å². The topological polar surface area (TPSA) is 89.9 Å². The number of fused-ring (bicyclic) bond motifs is 1. The van der Waals surface area contributed by atoms with Crippen LogP contribution in [0.2, 0.25) is 0 Å². The van der Waals surface area contributed by atoms with Crippen LogP contribution in [0, 0.1) is 0 Å². The molecule has 0 aromatic heterocycles. The summed E-state index contributed by atoms with van der Waals surface area (Å²) in [6.07, 6.45) is 0. The van der Waals surface area contributed by atoms with Crippen LogP contribution in [-0.4, -0.2) is 37.4 Å². The van der Waals surface area contributed by atoms with E-state index in [4.69, 9.17) is 9.29 Å². The first-order valence-corrected chi connectivity index (χ1v) is 7.75. The average molecular weight is 346 g/mol. The number of esters is 1. The number of carbonyl (C=O) groups is 1. The average Bonchev–Trinajstić information content (AvgIpc) is 2.49. The molecule has 2 aromatic carbocycles. The number of hydrogen-bond donors (Lipinski definition) is 1. The molecule has 0 saturated heterocycles. The Morgan fingerprint density at radius 2 is 1.78 bits per heavy atom. The number of rotatable bonds is 6. The molecule has 0 fully saturated rings. The molecule has 0 spiro atoms. The first kappa shape index (κ1) is 17.1. The highest BCUT2D eigenvalue weighted by molar-refractivity contribution is 7.86. The quantitative estimate of drug-likeness (QED) is 0.637. The smallest absolute Gasteiger partial charge is 0.402 e. The molecule has 124 valence electrons. The third-order valence-electron chi connectivity index (χ3n) is 2.86. The summed E-state index contributed by atoms with van der Waals surface area (Å²) in [5, 5.41) is -2.75. The van der Waals surface area contributed by atoms with E-state index in [1.807, 2.05) is 24.3 Å². The van der Waals surface area contributed by atoms with Crippen molar-refractivity contribution in [3.63, 3.8) is 0 Å². The van der Waals surface area contributed by atoms with Gasteiger partial charge in [0.1, 0.15) is 5.75 Å². The van der Waals surface area contributed by atoms with Gasteiger partial charge in [0.05, 0.1) is 0 Å². The lowest BCUT2D eigenvalue weighted by Crippen LogP contribution is -2.35. The van der Waals surface area contributed by atoms with E-state index in [0.717, 1.165) is 10.8 Å². The second kappa shape index (κ2) is 6.47. The zero-order valence-corrected chi connectivity index (χ0v) is 12.4. The number of halogens is 2. The lowest BCUT2D eigenvalue weighted by Gasteiger charge is -2.13. The van der Waals surface area contributed by atoms with Crippen LogP contribution < -0.4 is 4.74 Å². The van der Waals surface area contributed by atoms with Gasteiger partial charge in [0, 0.05) is 0 Å². The van der Waals surface area contributed by atoms with Crippen molar-refractivity contribution in [3.8, 4) is 5.75 Å². The molecular formula is C14H12F2O6S. The Balaban J connectivity index is 1.91. The third kappa shape index (κ3) is 4.36. The van der Waals surface area contributed by atoms with Crippen molar-refractivity contribution < 1.29 is 36.0 Å². The third-order valence-corrected chi connectivity index (χ3v) is 3.73. The van der Waals surface area contributed by atoms with Gasteiger partial charge in [0.25, 0.3) is 0 Å². The van der Waals surface area contributed by atoms with E-state index in [0.29, 0.717) is 5.75 Å². The first-order valence-electron chi connectivity index (χ1n) is 6.31. The van der Waals surface area contributed by atoms with E-state index in [2.05, 4.69) is 4.74 Å². The van der Waals surface area contributed by atoms with Crippen molar-refractivity contribution in [3.05, 3.63) is 42.5 Å². The number of carbonyl (C=O) groups excluding carboxylic acids is 1. The zero-order valence-electron chi connectivity index (χ0n) is 11.6. The maximum Gasteiger partial charge on any atom is 0.402 e. The van der Waals surface area contributed by atoms with Crippen LogP contribution in [0.25, 0.3) is 10.8 Å². The van der Waals surface area contributed by atoms with Gasteiger partial charge in [-0.05, 0) is 22.9 Å². The summed E-state index contributed by atoms with van der Waals surface area (Å²) in [6.45, 7) is -2.47. The summed E-state index contributed by atoms with van der Waals surface area (Å²) in [5.41, 5.74) is 0. The summed E-state index contributed by atoms with van der Waals surface area (Å²) in [6, 6.07) is 12.4. The van der Waals surface area contributed by atoms with Crippen LogP contribution in [0.1, 0.15) is 0 Å². The molecule has 0 radical (unpaired) electrons. The summed E-state index contributed by atoms with van der Waals surface area (Å²) in [5.74, 6) is -0.872. The fourth-order valence-electron chi connectivity index (χ4n) is 1.68. The predicted octanol–water partition coefficient (Wildman–Crippen LogP) is 2.24. The molecule has 0 saturated carbocycles. The fraction of sp³-hybridized carbons (Fsp3) is 0.214. The van der Waals surface area contributed by atoms with Crippen LogP contribution in [0.3, 0.4) is 0 Å². The van der Waals surface area contributed by atoms with Crippen molar-refractivity contribution in [1.29, 1.82) is 0 Å². The largest absolute Gasteiger partial charge is 0.482 e. The second-order valence-electron chi connectivity index (χ2n) is 4.57. The lowest BCUT2D eigenvalue weighted by molar-refractivity contribution is -0.151. The predicted molar refractivity (Wildman–Crippen MR) is 76.9 cm³/mol. The van der Waals surface area contributed by atoms with E-state index in [1.165, 1.54) is 0 Å². The molecule has 9 heteroatoms. The Morgan fingerprint density at radius 3 is 2.43 bits per heavy atom. The van der Waals surface area contributed by atoms with Crippen molar-refractivity contribution in [2.45, 2.75) is 5.25 Å². The molecule has 6 nitrogen and oxygen atoms in total. The van der Waals surface area contributed by atoms with Gasteiger partial charge in [0.15, 0.2) is 13.2 Å². The minimum absolute atomic E-state index is 0.321. The van der Waals surface area contributed by atoms with Crippen molar-refractivity contribution in [1.82, 2.24) is 0 Å². The molecule has 0 aliphatic carbocycles. The number of alkyl halides is 2. The Hall–Kier alpha value is -2.26. The summed E-state index contributed by atoms with van der Waals surface area (Å²) < 4.78 is 63.9. The van der Waals surface area contributed by atoms with Crippen LogP contribution in [0.5, 0.6) is 5.75 Å². The van der Waals surface area contributed by atoms with Crippen LogP contribution >= 0.6 is 0 Å². The highest BCUT2D eigenvalue weighted by Crippen LogP contribution is 2.22. The molecule has 1 N–H and O–H groups in total. The van der Waals surface area contributed by atoms with Gasteiger partial charge < -0.3 is 9.47 Å². The molecule has 23 heavy (non-hydrogen) atoms. The monoisotopic (exact) mass is 346 g/mol. The molecule has 2 aromatic rings. The molecule has 2 rings (SSSR count). The van der Waals surface area contributed by atoms with Gasteiger partial charge in [0.2, 0.25) is 0 Å². The van der Waals surface area contributed by atoms with Crippen molar-refractivity contribution in [2.24, 2.45) is 0 Å². The summed E-state index contributed by atoms with van der Waals surface area (Å²) >= 11 is 0. The van der Waals surface area contributed by atoms with Crippen LogP contribution in [0.15, 0.2) is 42.5 Å². The summed E-state index contributed by atoms with van der Waals surface area (Å²) in [7, 11) is -5.64. The van der Waals surface area contributed by atoms with E-state index in [-0.39, 0.29) is 0 Å². The molecule has 0 aliphatic rings. The molecule has 0 aliphatic heterocycles. The minimum Gasteiger partial charge on any atom is -0.482 e. The minimum atomic E-state index is -5.64. The molecular weight excluding hydrogens is 334 g/mol. The highest BCUT2D eigenvalue weighted by Gasteiger charge is 2.45. The Kier molecular flexibility index (Phi) is 4.81. The van der Waals surface area contributed by atoms with E-state index in [1.54, 1.807) is 18.2 Å². The molecule has 0 bridgehead atoms. The van der Waals surface area contributed by atoms with E-state index >= 15 is 0 Å². The van der Waals surface area contributed by atoms with Gasteiger partial charge >= 0.3 is 21.3 Å². The van der Waals surface area contributed by atoms with Gasteiger partial charge in [-0.15, -0.1) is 0 Å². The van der Waals surface area contributed by atoms with Gasteiger partial charge in [-0.2, -0.15) is 17.2 Å². The molecule has 0 amide bonds. The van der Waals surface area contributed by atoms with Crippen molar-refractivity contribution in [2.75, 3.05) is 13.2 Å². The van der Waals surface area contributed by atoms with E-state index < -0.39 is 34.6 Å². The molecule has 0 heterocycles. The maximum atomic E-state index is 12.9. The fourth-order valence-corrected chi connectivity index (χ4v) is 1.89. The number of benzene rings is 2. The van der Waals surface area contributed by atoms with Crippen molar-refractivity contribution >= 4 is 26.9 Å². The van der Waals surface area contributed by atoms with Gasteiger partial charge in [-0.3, -0.25) is 4.55 Å². The highest BCUT2D eigenvalue weighted by atomic mass is 32.2. The summed E-state index contributed by atoms with van der Waals surface area (Å²) in [4.78, 5) is 11.3. The zero-order chi connectivity index (χ0) is 17.1. The Morgan fingerprint density at radius 1 is 1.13 bits per heavy atom. The Labute approximate surface area is 130 Å². The Bertz CT molecular complexity index is 819. The van der Waals surface area contributed by atoms with Gasteiger partial charge in [-0.1, -0.05) is 30.3 Å². The van der Waals surface area contributed by atoms with Crippen LogP contribution in [0.4, 0.5) is 8.78 Å². The van der Waals surface area contributed by atoms with E-state index in [9.17, 15) is 22.0 Å². The molecule has 0 unspecified atom stereocenters. The molecule has 0 atom stereocenters. The first-order chi connectivity index (χ1) is 10.7. The second-order valence-corrected chi connectivity index (χ2v) is 6.12. The standard InChI is InChI=1S/C14H12F2O6S/c15-14(16,23(18,19)20)9-22-13(17)8-21-12-6-5-10-3-1-2-4-11(10)7-12/h1-7H,8-9H2,(H,18,19,20). The normalized spacial score (nSPS) is 12.1. The number of ether oxygens (including phenoxy) is 2. The lowest BCUT2D eigenvalue weighted by atomic mass is 10.1. The van der Waals surface area contributed by atoms with Gasteiger partial charge in [-0.25, -0.2) is 4.79 Å².